The maximum Gasteiger partial charge on any atom is 0.0264 e. The van der Waals surface area contributed by atoms with Crippen molar-refractivity contribution < 1.29 is 0 Å². The lowest BCUT2D eigenvalue weighted by Gasteiger charge is -2.37. The molecule has 0 aliphatic heterocycles. The minimum Gasteiger partial charge on any atom is -0.271 e. The van der Waals surface area contributed by atoms with E-state index in [0.717, 1.165) is 6.42 Å². The van der Waals surface area contributed by atoms with E-state index in [1.807, 2.05) is 0 Å². The molecule has 1 aliphatic carbocycles. The smallest absolute Gasteiger partial charge is 0.0264 e. The molecule has 0 aromatic heterocycles. The molecule has 0 saturated heterocycles. The van der Waals surface area contributed by atoms with Crippen molar-refractivity contribution in [3.05, 3.63) is 35.4 Å². The molecular weight excluding hydrogens is 196 g/mol. The minimum atomic E-state index is 0.222. The monoisotopic (exact) mass is 218 g/mol. The fourth-order valence-electron chi connectivity index (χ4n) is 2.53. The quantitative estimate of drug-likeness (QED) is 0.604. The van der Waals surface area contributed by atoms with Crippen LogP contribution in [0.4, 0.5) is 0 Å². The second-order valence-corrected chi connectivity index (χ2v) is 5.92. The summed E-state index contributed by atoms with van der Waals surface area (Å²) in [5.41, 5.74) is 6.23. The normalized spacial score (nSPS) is 21.1. The molecule has 1 aliphatic rings. The molecule has 0 heterocycles. The molecule has 0 spiro atoms. The molecule has 0 saturated carbocycles. The Balaban J connectivity index is 2.03. The van der Waals surface area contributed by atoms with Crippen LogP contribution in [-0.4, -0.2) is 6.04 Å². The van der Waals surface area contributed by atoms with Gasteiger partial charge in [-0.1, -0.05) is 45.0 Å². The molecule has 1 aromatic rings. The van der Waals surface area contributed by atoms with Gasteiger partial charge in [-0.05, 0) is 35.3 Å². The molecule has 2 atom stereocenters. The van der Waals surface area contributed by atoms with Gasteiger partial charge in [0.25, 0.3) is 0 Å². The molecule has 0 bridgehead atoms. The number of hydrogen-bond acceptors (Lipinski definition) is 2. The molecule has 0 fully saturated rings. The van der Waals surface area contributed by atoms with Crippen LogP contribution in [0.15, 0.2) is 24.3 Å². The van der Waals surface area contributed by atoms with E-state index in [9.17, 15) is 0 Å². The fourth-order valence-corrected chi connectivity index (χ4v) is 2.53. The van der Waals surface area contributed by atoms with E-state index in [4.69, 9.17) is 5.84 Å². The summed E-state index contributed by atoms with van der Waals surface area (Å²) < 4.78 is 0. The van der Waals surface area contributed by atoms with E-state index in [1.165, 1.54) is 17.5 Å². The SMILES string of the molecule is CC(C)(C)C(CC1Cc2ccccc21)NN. The lowest BCUT2D eigenvalue weighted by Crippen LogP contribution is -2.46. The molecular formula is C14H22N2. The Kier molecular flexibility index (Phi) is 3.04. The number of rotatable bonds is 3. The van der Waals surface area contributed by atoms with Gasteiger partial charge in [-0.2, -0.15) is 0 Å². The number of nitrogens with two attached hydrogens (primary N) is 1. The average Bonchev–Trinajstić information content (AvgIpc) is 2.18. The third-order valence-electron chi connectivity index (χ3n) is 3.73. The molecule has 2 nitrogen and oxygen atoms in total. The van der Waals surface area contributed by atoms with E-state index in [1.54, 1.807) is 0 Å². The molecule has 2 rings (SSSR count). The van der Waals surface area contributed by atoms with Crippen molar-refractivity contribution in [2.24, 2.45) is 11.3 Å². The first-order valence-electron chi connectivity index (χ1n) is 6.06. The Morgan fingerprint density at radius 1 is 1.38 bits per heavy atom. The van der Waals surface area contributed by atoms with Gasteiger partial charge in [-0.25, -0.2) is 0 Å². The van der Waals surface area contributed by atoms with Crippen molar-refractivity contribution in [1.29, 1.82) is 0 Å². The lowest BCUT2D eigenvalue weighted by atomic mass is 9.71. The van der Waals surface area contributed by atoms with Gasteiger partial charge in [0.2, 0.25) is 0 Å². The van der Waals surface area contributed by atoms with E-state index in [-0.39, 0.29) is 5.41 Å². The van der Waals surface area contributed by atoms with E-state index < -0.39 is 0 Å². The number of hydrazine groups is 1. The second-order valence-electron chi connectivity index (χ2n) is 5.92. The Hall–Kier alpha value is -0.860. The summed E-state index contributed by atoms with van der Waals surface area (Å²) >= 11 is 0. The molecule has 3 N–H and O–H groups in total. The highest BCUT2D eigenvalue weighted by Crippen LogP contribution is 2.40. The Bertz CT molecular complexity index is 365. The van der Waals surface area contributed by atoms with Gasteiger partial charge in [-0.15, -0.1) is 0 Å². The first kappa shape index (κ1) is 11.6. The molecule has 2 unspecified atom stereocenters. The zero-order valence-electron chi connectivity index (χ0n) is 10.5. The summed E-state index contributed by atoms with van der Waals surface area (Å²) in [7, 11) is 0. The van der Waals surface area contributed by atoms with Crippen molar-refractivity contribution in [1.82, 2.24) is 5.43 Å². The summed E-state index contributed by atoms with van der Waals surface area (Å²) in [6.07, 6.45) is 2.35. The first-order valence-corrected chi connectivity index (χ1v) is 6.06. The van der Waals surface area contributed by atoms with Crippen LogP contribution in [-0.2, 0) is 6.42 Å². The van der Waals surface area contributed by atoms with Gasteiger partial charge in [0, 0.05) is 6.04 Å². The highest BCUT2D eigenvalue weighted by atomic mass is 15.2. The first-order chi connectivity index (χ1) is 7.52. The number of nitrogens with one attached hydrogen (secondary N) is 1. The van der Waals surface area contributed by atoms with Crippen molar-refractivity contribution in [2.75, 3.05) is 0 Å². The van der Waals surface area contributed by atoms with Crippen LogP contribution in [0.25, 0.3) is 0 Å². The third kappa shape index (κ3) is 2.13. The van der Waals surface area contributed by atoms with Gasteiger partial charge >= 0.3 is 0 Å². The Morgan fingerprint density at radius 2 is 2.06 bits per heavy atom. The highest BCUT2D eigenvalue weighted by molar-refractivity contribution is 5.39. The van der Waals surface area contributed by atoms with Gasteiger partial charge in [-0.3, -0.25) is 11.3 Å². The third-order valence-corrected chi connectivity index (χ3v) is 3.73. The van der Waals surface area contributed by atoms with Crippen LogP contribution in [0.3, 0.4) is 0 Å². The summed E-state index contributed by atoms with van der Waals surface area (Å²) in [6.45, 7) is 6.71. The van der Waals surface area contributed by atoms with Crippen LogP contribution >= 0.6 is 0 Å². The van der Waals surface area contributed by atoms with Gasteiger partial charge < -0.3 is 0 Å². The van der Waals surface area contributed by atoms with Gasteiger partial charge in [0.15, 0.2) is 0 Å². The number of benzene rings is 1. The summed E-state index contributed by atoms with van der Waals surface area (Å²) in [4.78, 5) is 0. The molecule has 88 valence electrons. The Morgan fingerprint density at radius 3 is 2.62 bits per heavy atom. The lowest BCUT2D eigenvalue weighted by molar-refractivity contribution is 0.238. The van der Waals surface area contributed by atoms with Crippen LogP contribution in [0, 0.1) is 5.41 Å². The van der Waals surface area contributed by atoms with E-state index >= 15 is 0 Å². The standard InChI is InChI=1S/C14H22N2/c1-14(2,3)13(16-15)9-11-8-10-6-4-5-7-12(10)11/h4-7,11,13,16H,8-9,15H2,1-3H3. The zero-order chi connectivity index (χ0) is 11.8. The highest BCUT2D eigenvalue weighted by Gasteiger charge is 2.32. The minimum absolute atomic E-state index is 0.222. The summed E-state index contributed by atoms with van der Waals surface area (Å²) in [6, 6.07) is 9.11. The second kappa shape index (κ2) is 4.19. The number of fused-ring (bicyclic) bond motifs is 1. The summed E-state index contributed by atoms with van der Waals surface area (Å²) in [5.74, 6) is 6.35. The maximum absolute atomic E-state index is 5.66. The van der Waals surface area contributed by atoms with Crippen LogP contribution in [0.5, 0.6) is 0 Å². The van der Waals surface area contributed by atoms with E-state index in [0.29, 0.717) is 12.0 Å². The van der Waals surface area contributed by atoms with Crippen molar-refractivity contribution in [3.63, 3.8) is 0 Å². The van der Waals surface area contributed by atoms with Gasteiger partial charge in [0.05, 0.1) is 0 Å². The molecule has 16 heavy (non-hydrogen) atoms. The van der Waals surface area contributed by atoms with Crippen LogP contribution < -0.4 is 11.3 Å². The predicted molar refractivity (Wildman–Crippen MR) is 68.1 cm³/mol. The van der Waals surface area contributed by atoms with Crippen molar-refractivity contribution in [2.45, 2.75) is 45.6 Å². The van der Waals surface area contributed by atoms with Crippen molar-refractivity contribution >= 4 is 0 Å². The van der Waals surface area contributed by atoms with E-state index in [2.05, 4.69) is 50.5 Å². The maximum atomic E-state index is 5.66. The average molecular weight is 218 g/mol. The summed E-state index contributed by atoms with van der Waals surface area (Å²) in [5, 5.41) is 0. The topological polar surface area (TPSA) is 38.0 Å². The molecule has 1 aromatic carbocycles. The molecule has 0 amide bonds. The Labute approximate surface area is 98.2 Å². The fraction of sp³-hybridized carbons (Fsp3) is 0.571. The van der Waals surface area contributed by atoms with Crippen LogP contribution in [0.2, 0.25) is 0 Å². The zero-order valence-corrected chi connectivity index (χ0v) is 10.5. The molecule has 0 radical (unpaired) electrons. The number of hydrogen-bond donors (Lipinski definition) is 2. The van der Waals surface area contributed by atoms with Crippen molar-refractivity contribution in [3.8, 4) is 0 Å². The molecule has 2 heteroatoms. The van der Waals surface area contributed by atoms with Gasteiger partial charge in [0.1, 0.15) is 0 Å². The largest absolute Gasteiger partial charge is 0.271 e. The van der Waals surface area contributed by atoms with Crippen LogP contribution in [0.1, 0.15) is 44.2 Å². The predicted octanol–water partition coefficient (Wildman–Crippen LogP) is 2.59.